The molecule has 2 N–H and O–H groups in total. The van der Waals surface area contributed by atoms with Crippen LogP contribution < -0.4 is 10.6 Å². The molecular weight excluding hydrogens is 342 g/mol. The highest BCUT2D eigenvalue weighted by Crippen LogP contribution is 2.17. The number of amides is 2. The molecule has 0 aliphatic heterocycles. The second-order valence-corrected chi connectivity index (χ2v) is 5.10. The summed E-state index contributed by atoms with van der Waals surface area (Å²) in [4.78, 5) is 15.5. The van der Waals surface area contributed by atoms with E-state index in [4.69, 9.17) is 11.6 Å². The number of pyridine rings is 1. The Morgan fingerprint density at radius 3 is 2.70 bits per heavy atom. The first-order chi connectivity index (χ1) is 9.65. The number of rotatable bonds is 3. The van der Waals surface area contributed by atoms with Gasteiger partial charge in [-0.25, -0.2) is 9.78 Å². The van der Waals surface area contributed by atoms with Crippen LogP contribution in [0.2, 0.25) is 5.15 Å². The number of anilines is 1. The molecule has 0 bridgehead atoms. The highest BCUT2D eigenvalue weighted by molar-refractivity contribution is 9.10. The van der Waals surface area contributed by atoms with Crippen LogP contribution in [0.1, 0.15) is 5.56 Å². The highest BCUT2D eigenvalue weighted by atomic mass is 79.9. The van der Waals surface area contributed by atoms with Crippen LogP contribution in [0.4, 0.5) is 10.5 Å². The van der Waals surface area contributed by atoms with Crippen molar-refractivity contribution in [3.63, 3.8) is 0 Å². The number of carbonyl (C=O) groups excluding carboxylic acids is 1. The van der Waals surface area contributed by atoms with Crippen molar-refractivity contribution in [1.29, 1.82) is 0 Å². The fourth-order valence-electron chi connectivity index (χ4n) is 1.43. The predicted octanol–water partition coefficient (Wildman–Crippen LogP) is 4.29. The van der Waals surface area contributed by atoms with E-state index < -0.39 is 0 Å². The van der Waals surface area contributed by atoms with Gasteiger partial charge in [0, 0.05) is 16.9 Å². The van der Waals surface area contributed by atoms with E-state index in [1.807, 2.05) is 24.3 Å². The molecule has 1 aromatic carbocycles. The number of nitrogens with one attached hydrogen (secondary N) is 2. The zero-order valence-corrected chi connectivity index (χ0v) is 12.6. The molecule has 102 valence electrons. The van der Waals surface area contributed by atoms with Crippen molar-refractivity contribution >= 4 is 45.3 Å². The molecule has 0 saturated heterocycles. The SMILES string of the molecule is O=C(N/C=C/c1ccc(Br)cc1)Nc1cccnc1Cl. The second-order valence-electron chi connectivity index (χ2n) is 3.83. The first-order valence-corrected chi connectivity index (χ1v) is 6.92. The number of urea groups is 1. The first-order valence-electron chi connectivity index (χ1n) is 5.75. The van der Waals surface area contributed by atoms with Crippen LogP contribution in [0.5, 0.6) is 0 Å². The Kier molecular flexibility index (Phi) is 5.15. The van der Waals surface area contributed by atoms with Gasteiger partial charge in [-0.15, -0.1) is 0 Å². The average Bonchev–Trinajstić information content (AvgIpc) is 2.44. The maximum atomic E-state index is 11.6. The molecule has 20 heavy (non-hydrogen) atoms. The van der Waals surface area contributed by atoms with E-state index in [9.17, 15) is 4.79 Å². The van der Waals surface area contributed by atoms with Gasteiger partial charge in [0.15, 0.2) is 5.15 Å². The van der Waals surface area contributed by atoms with Gasteiger partial charge in [0.1, 0.15) is 0 Å². The second kappa shape index (κ2) is 7.07. The van der Waals surface area contributed by atoms with E-state index in [2.05, 4.69) is 31.5 Å². The minimum Gasteiger partial charge on any atom is -0.314 e. The summed E-state index contributed by atoms with van der Waals surface area (Å²) in [7, 11) is 0. The Balaban J connectivity index is 1.89. The first kappa shape index (κ1) is 14.6. The van der Waals surface area contributed by atoms with E-state index in [0.717, 1.165) is 10.0 Å². The molecule has 6 heteroatoms. The summed E-state index contributed by atoms with van der Waals surface area (Å²) in [6, 6.07) is 10.7. The molecule has 0 saturated carbocycles. The van der Waals surface area contributed by atoms with Crippen molar-refractivity contribution in [2.75, 3.05) is 5.32 Å². The van der Waals surface area contributed by atoms with Crippen molar-refractivity contribution < 1.29 is 4.79 Å². The summed E-state index contributed by atoms with van der Waals surface area (Å²) < 4.78 is 1.01. The van der Waals surface area contributed by atoms with Crippen molar-refractivity contribution in [3.05, 3.63) is 64.0 Å². The van der Waals surface area contributed by atoms with Gasteiger partial charge >= 0.3 is 6.03 Å². The molecule has 0 aliphatic rings. The Bertz CT molecular complexity index is 629. The largest absolute Gasteiger partial charge is 0.323 e. The smallest absolute Gasteiger partial charge is 0.314 e. The molecule has 0 aliphatic carbocycles. The summed E-state index contributed by atoms with van der Waals surface area (Å²) in [5.74, 6) is 0. The zero-order valence-electron chi connectivity index (χ0n) is 10.3. The number of benzene rings is 1. The van der Waals surface area contributed by atoms with E-state index >= 15 is 0 Å². The van der Waals surface area contributed by atoms with Gasteiger partial charge < -0.3 is 10.6 Å². The van der Waals surface area contributed by atoms with Gasteiger partial charge in [0.2, 0.25) is 0 Å². The summed E-state index contributed by atoms with van der Waals surface area (Å²) in [5, 5.41) is 5.44. The lowest BCUT2D eigenvalue weighted by molar-refractivity contribution is 0.255. The van der Waals surface area contributed by atoms with Crippen LogP contribution in [0.25, 0.3) is 6.08 Å². The van der Waals surface area contributed by atoms with Gasteiger partial charge in [-0.1, -0.05) is 39.7 Å². The monoisotopic (exact) mass is 351 g/mol. The summed E-state index contributed by atoms with van der Waals surface area (Å²) in [6.07, 6.45) is 4.90. The van der Waals surface area contributed by atoms with Crippen LogP contribution in [-0.2, 0) is 0 Å². The van der Waals surface area contributed by atoms with E-state index in [-0.39, 0.29) is 11.2 Å². The predicted molar refractivity (Wildman–Crippen MR) is 84.6 cm³/mol. The van der Waals surface area contributed by atoms with Crippen LogP contribution in [0.3, 0.4) is 0 Å². The molecule has 4 nitrogen and oxygen atoms in total. The molecule has 1 aromatic heterocycles. The fraction of sp³-hybridized carbons (Fsp3) is 0. The van der Waals surface area contributed by atoms with Gasteiger partial charge in [-0.2, -0.15) is 0 Å². The lowest BCUT2D eigenvalue weighted by Crippen LogP contribution is -2.23. The van der Waals surface area contributed by atoms with E-state index in [1.165, 1.54) is 0 Å². The summed E-state index contributed by atoms with van der Waals surface area (Å²) in [6.45, 7) is 0. The summed E-state index contributed by atoms with van der Waals surface area (Å²) >= 11 is 9.20. The van der Waals surface area contributed by atoms with Crippen molar-refractivity contribution in [1.82, 2.24) is 10.3 Å². The van der Waals surface area contributed by atoms with Crippen LogP contribution in [0, 0.1) is 0 Å². The Labute approximate surface area is 130 Å². The van der Waals surface area contributed by atoms with E-state index in [1.54, 1.807) is 30.6 Å². The standard InChI is InChI=1S/C14H11BrClN3O/c15-11-5-3-10(4-6-11)7-9-18-14(20)19-12-2-1-8-17-13(12)16/h1-9H,(H2,18,19,20)/b9-7+. The average molecular weight is 353 g/mol. The molecule has 0 fully saturated rings. The van der Waals surface area contributed by atoms with Crippen molar-refractivity contribution in [2.45, 2.75) is 0 Å². The third-order valence-corrected chi connectivity index (χ3v) is 3.20. The quantitative estimate of drug-likeness (QED) is 0.810. The third-order valence-electron chi connectivity index (χ3n) is 2.37. The molecule has 2 aromatic rings. The number of halogens is 2. The van der Waals surface area contributed by atoms with Crippen LogP contribution in [-0.4, -0.2) is 11.0 Å². The molecule has 0 unspecified atom stereocenters. The Morgan fingerprint density at radius 1 is 1.25 bits per heavy atom. The lowest BCUT2D eigenvalue weighted by atomic mass is 10.2. The van der Waals surface area contributed by atoms with E-state index in [0.29, 0.717) is 5.69 Å². The minimum absolute atomic E-state index is 0.250. The van der Waals surface area contributed by atoms with Crippen molar-refractivity contribution in [2.24, 2.45) is 0 Å². The zero-order chi connectivity index (χ0) is 14.4. The molecule has 2 amide bonds. The maximum absolute atomic E-state index is 11.6. The van der Waals surface area contributed by atoms with Gasteiger partial charge in [-0.3, -0.25) is 0 Å². The minimum atomic E-state index is -0.381. The third kappa shape index (κ3) is 4.36. The highest BCUT2D eigenvalue weighted by Gasteiger charge is 2.03. The molecule has 1 heterocycles. The normalized spacial score (nSPS) is 10.5. The molecule has 0 spiro atoms. The van der Waals surface area contributed by atoms with Crippen LogP contribution in [0.15, 0.2) is 53.3 Å². The van der Waals surface area contributed by atoms with Gasteiger partial charge in [-0.05, 0) is 35.9 Å². The topological polar surface area (TPSA) is 54.0 Å². The number of aromatic nitrogens is 1. The van der Waals surface area contributed by atoms with Gasteiger partial charge in [0.25, 0.3) is 0 Å². The van der Waals surface area contributed by atoms with Crippen molar-refractivity contribution in [3.8, 4) is 0 Å². The molecule has 2 rings (SSSR count). The maximum Gasteiger partial charge on any atom is 0.323 e. The molecule has 0 atom stereocenters. The number of hydrogen-bond acceptors (Lipinski definition) is 2. The number of hydrogen-bond donors (Lipinski definition) is 2. The molecule has 0 radical (unpaired) electrons. The molecular formula is C14H11BrClN3O. The van der Waals surface area contributed by atoms with Gasteiger partial charge in [0.05, 0.1) is 5.69 Å². The summed E-state index contributed by atoms with van der Waals surface area (Å²) in [5.41, 5.74) is 1.44. The number of carbonyl (C=O) groups is 1. The fourth-order valence-corrected chi connectivity index (χ4v) is 1.86. The Morgan fingerprint density at radius 2 is 2.00 bits per heavy atom. The van der Waals surface area contributed by atoms with Crippen LogP contribution >= 0.6 is 27.5 Å². The number of nitrogens with zero attached hydrogens (tertiary/aromatic N) is 1. The lowest BCUT2D eigenvalue weighted by Gasteiger charge is -2.05. The Hall–Kier alpha value is -1.85.